The highest BCUT2D eigenvalue weighted by atomic mass is 16.6. The van der Waals surface area contributed by atoms with Gasteiger partial charge in [0, 0.05) is 13.1 Å². The lowest BCUT2D eigenvalue weighted by atomic mass is 10.3. The monoisotopic (exact) mass is 274 g/mol. The molecule has 108 valence electrons. The predicted molar refractivity (Wildman–Crippen MR) is 65.7 cm³/mol. The van der Waals surface area contributed by atoms with Gasteiger partial charge in [0.15, 0.2) is 0 Å². The molecule has 1 unspecified atom stereocenters. The van der Waals surface area contributed by atoms with Crippen LogP contribution < -0.4 is 5.32 Å². The molecule has 0 saturated carbocycles. The van der Waals surface area contributed by atoms with Gasteiger partial charge in [0.1, 0.15) is 12.4 Å². The van der Waals surface area contributed by atoms with E-state index in [1.165, 1.54) is 10.9 Å². The first-order valence-corrected chi connectivity index (χ1v) is 5.87. The second-order valence-corrected chi connectivity index (χ2v) is 3.87. The van der Waals surface area contributed by atoms with Gasteiger partial charge >= 0.3 is 5.69 Å². The van der Waals surface area contributed by atoms with E-state index in [2.05, 4.69) is 10.4 Å². The third-order valence-electron chi connectivity index (χ3n) is 2.27. The maximum Gasteiger partial charge on any atom is 0.306 e. The summed E-state index contributed by atoms with van der Waals surface area (Å²) in [5, 5.41) is 35.3. The smallest absolute Gasteiger partial charge is 0.306 e. The van der Waals surface area contributed by atoms with Gasteiger partial charge in [-0.3, -0.25) is 14.8 Å². The van der Waals surface area contributed by atoms with Crippen molar-refractivity contribution in [3.05, 3.63) is 22.5 Å². The van der Waals surface area contributed by atoms with Gasteiger partial charge in [-0.2, -0.15) is 5.10 Å². The van der Waals surface area contributed by atoms with Crippen molar-refractivity contribution in [2.75, 3.05) is 32.9 Å². The molecule has 0 aliphatic heterocycles. The van der Waals surface area contributed by atoms with Crippen LogP contribution in [0, 0.1) is 10.1 Å². The molecule has 0 aliphatic rings. The molecule has 0 fully saturated rings. The molecule has 9 heteroatoms. The molecule has 0 bridgehead atoms. The Balaban J connectivity index is 2.16. The van der Waals surface area contributed by atoms with Crippen molar-refractivity contribution in [2.24, 2.45) is 0 Å². The summed E-state index contributed by atoms with van der Waals surface area (Å²) in [5.74, 6) is 0. The minimum atomic E-state index is -0.697. The summed E-state index contributed by atoms with van der Waals surface area (Å²) in [5.41, 5.74) is -0.0995. The topological polar surface area (TPSA) is 123 Å². The molecule has 1 aromatic rings. The Morgan fingerprint density at radius 3 is 3.00 bits per heavy atom. The maximum absolute atomic E-state index is 10.4. The molecule has 0 saturated heterocycles. The van der Waals surface area contributed by atoms with Crippen LogP contribution in [0.1, 0.15) is 0 Å². The summed E-state index contributed by atoms with van der Waals surface area (Å²) in [6.07, 6.45) is 1.72. The summed E-state index contributed by atoms with van der Waals surface area (Å²) in [6.45, 7) is 1.78. The highest BCUT2D eigenvalue weighted by Crippen LogP contribution is 2.07. The van der Waals surface area contributed by atoms with Crippen LogP contribution in [0.2, 0.25) is 0 Å². The summed E-state index contributed by atoms with van der Waals surface area (Å²) in [7, 11) is 0. The summed E-state index contributed by atoms with van der Waals surface area (Å²) < 4.78 is 6.35. The number of nitrogens with one attached hydrogen (secondary N) is 1. The SMILES string of the molecule is O=[N+]([O-])c1cnn(CC(O)CNCCOCCO)c1. The zero-order chi connectivity index (χ0) is 14.1. The lowest BCUT2D eigenvalue weighted by Crippen LogP contribution is -2.32. The van der Waals surface area contributed by atoms with E-state index in [0.29, 0.717) is 26.3 Å². The number of ether oxygens (including phenoxy) is 1. The third-order valence-corrected chi connectivity index (χ3v) is 2.27. The van der Waals surface area contributed by atoms with Crippen LogP contribution in [0.3, 0.4) is 0 Å². The molecule has 1 aromatic heterocycles. The van der Waals surface area contributed by atoms with Crippen molar-refractivity contribution < 1.29 is 19.9 Å². The Morgan fingerprint density at radius 2 is 2.37 bits per heavy atom. The van der Waals surface area contributed by atoms with Crippen molar-refractivity contribution in [2.45, 2.75) is 12.6 Å². The fourth-order valence-electron chi connectivity index (χ4n) is 1.41. The molecule has 0 amide bonds. The van der Waals surface area contributed by atoms with E-state index in [0.717, 1.165) is 6.20 Å². The highest BCUT2D eigenvalue weighted by Gasteiger charge is 2.11. The Kier molecular flexibility index (Phi) is 6.97. The van der Waals surface area contributed by atoms with E-state index in [-0.39, 0.29) is 18.8 Å². The van der Waals surface area contributed by atoms with E-state index in [1.54, 1.807) is 0 Å². The summed E-state index contributed by atoms with van der Waals surface area (Å²) in [6, 6.07) is 0. The largest absolute Gasteiger partial charge is 0.394 e. The van der Waals surface area contributed by atoms with Crippen LogP contribution in [-0.2, 0) is 11.3 Å². The third kappa shape index (κ3) is 6.25. The van der Waals surface area contributed by atoms with Gasteiger partial charge in [-0.15, -0.1) is 0 Å². The Morgan fingerprint density at radius 1 is 1.58 bits per heavy atom. The average molecular weight is 274 g/mol. The van der Waals surface area contributed by atoms with E-state index in [4.69, 9.17) is 9.84 Å². The van der Waals surface area contributed by atoms with Crippen molar-refractivity contribution in [1.82, 2.24) is 15.1 Å². The van der Waals surface area contributed by atoms with E-state index in [1.807, 2.05) is 0 Å². The van der Waals surface area contributed by atoms with E-state index in [9.17, 15) is 15.2 Å². The first-order valence-electron chi connectivity index (χ1n) is 5.87. The molecular weight excluding hydrogens is 256 g/mol. The number of aliphatic hydroxyl groups excluding tert-OH is 2. The molecule has 0 radical (unpaired) electrons. The zero-order valence-electron chi connectivity index (χ0n) is 10.4. The van der Waals surface area contributed by atoms with Crippen molar-refractivity contribution >= 4 is 5.69 Å². The summed E-state index contributed by atoms with van der Waals surface area (Å²) >= 11 is 0. The molecule has 9 nitrogen and oxygen atoms in total. The number of aromatic nitrogens is 2. The second-order valence-electron chi connectivity index (χ2n) is 3.87. The summed E-state index contributed by atoms with van der Waals surface area (Å²) in [4.78, 5) is 9.91. The Bertz CT molecular complexity index is 384. The normalized spacial score (nSPS) is 12.5. The maximum atomic E-state index is 10.4. The van der Waals surface area contributed by atoms with Gasteiger partial charge in [-0.05, 0) is 0 Å². The zero-order valence-corrected chi connectivity index (χ0v) is 10.4. The Labute approximate surface area is 109 Å². The molecule has 1 atom stereocenters. The van der Waals surface area contributed by atoms with Gasteiger partial charge in [-0.1, -0.05) is 0 Å². The van der Waals surface area contributed by atoms with Crippen LogP contribution in [0.4, 0.5) is 5.69 Å². The van der Waals surface area contributed by atoms with Gasteiger partial charge in [0.2, 0.25) is 0 Å². The average Bonchev–Trinajstić information content (AvgIpc) is 2.82. The quantitative estimate of drug-likeness (QED) is 0.277. The number of aliphatic hydroxyl groups is 2. The molecule has 0 aliphatic carbocycles. The molecular formula is C10H18N4O5. The number of hydrogen-bond acceptors (Lipinski definition) is 7. The van der Waals surface area contributed by atoms with Gasteiger partial charge in [0.25, 0.3) is 0 Å². The first kappa shape index (κ1) is 15.5. The fourth-order valence-corrected chi connectivity index (χ4v) is 1.41. The molecule has 0 spiro atoms. The lowest BCUT2D eigenvalue weighted by Gasteiger charge is -2.11. The van der Waals surface area contributed by atoms with E-state index >= 15 is 0 Å². The molecule has 0 aromatic carbocycles. The molecule has 1 rings (SSSR count). The number of nitro groups is 1. The highest BCUT2D eigenvalue weighted by molar-refractivity contribution is 5.20. The fraction of sp³-hybridized carbons (Fsp3) is 0.700. The number of nitrogens with zero attached hydrogens (tertiary/aromatic N) is 3. The van der Waals surface area contributed by atoms with Crippen LogP contribution in [0.5, 0.6) is 0 Å². The molecule has 1 heterocycles. The standard InChI is InChI=1S/C10H18N4O5/c15-2-4-19-3-1-11-6-10(16)8-13-7-9(5-12-13)14(17)18/h5,7,10-11,15-16H,1-4,6,8H2. The van der Waals surface area contributed by atoms with Crippen molar-refractivity contribution in [1.29, 1.82) is 0 Å². The van der Waals surface area contributed by atoms with Gasteiger partial charge < -0.3 is 20.3 Å². The van der Waals surface area contributed by atoms with Crippen molar-refractivity contribution in [3.63, 3.8) is 0 Å². The van der Waals surface area contributed by atoms with Crippen LogP contribution in [-0.4, -0.2) is 63.9 Å². The predicted octanol–water partition coefficient (Wildman–Crippen LogP) is -1.25. The Hall–Kier alpha value is -1.55. The van der Waals surface area contributed by atoms with Crippen molar-refractivity contribution in [3.8, 4) is 0 Å². The lowest BCUT2D eigenvalue weighted by molar-refractivity contribution is -0.385. The minimum Gasteiger partial charge on any atom is -0.394 e. The molecule has 19 heavy (non-hydrogen) atoms. The number of rotatable bonds is 10. The van der Waals surface area contributed by atoms with E-state index < -0.39 is 11.0 Å². The minimum absolute atomic E-state index is 0.0132. The molecule has 3 N–H and O–H groups in total. The van der Waals surface area contributed by atoms with Crippen LogP contribution in [0.15, 0.2) is 12.4 Å². The number of hydrogen-bond donors (Lipinski definition) is 3. The second kappa shape index (κ2) is 8.53. The van der Waals surface area contributed by atoms with Crippen LogP contribution in [0.25, 0.3) is 0 Å². The van der Waals surface area contributed by atoms with Gasteiger partial charge in [-0.25, -0.2) is 0 Å². The van der Waals surface area contributed by atoms with Gasteiger partial charge in [0.05, 0.1) is 37.4 Å². The van der Waals surface area contributed by atoms with Crippen LogP contribution >= 0.6 is 0 Å². The first-order chi connectivity index (χ1) is 9.13.